The van der Waals surface area contributed by atoms with Gasteiger partial charge >= 0.3 is 0 Å². The van der Waals surface area contributed by atoms with E-state index in [9.17, 15) is 0 Å². The molecule has 0 radical (unpaired) electrons. The molecule has 0 fully saturated rings. The van der Waals surface area contributed by atoms with Crippen LogP contribution in [0.15, 0.2) is 59.7 Å². The van der Waals surface area contributed by atoms with Gasteiger partial charge in [-0.2, -0.15) is 5.10 Å². The topological polar surface area (TPSA) is 37.3 Å². The summed E-state index contributed by atoms with van der Waals surface area (Å²) in [6.45, 7) is 0. The summed E-state index contributed by atoms with van der Waals surface area (Å²) in [6.07, 6.45) is 1.62. The molecule has 0 aliphatic carbocycles. The summed E-state index contributed by atoms with van der Waals surface area (Å²) >= 11 is 12.0. The third-order valence-corrected chi connectivity index (χ3v) is 3.80. The van der Waals surface area contributed by atoms with Crippen LogP contribution < -0.4 is 5.43 Å². The van der Waals surface area contributed by atoms with Crippen molar-refractivity contribution in [2.45, 2.75) is 0 Å². The zero-order valence-electron chi connectivity index (χ0n) is 10.9. The number of anilines is 1. The largest absolute Gasteiger partial charge is 0.261 e. The molecule has 0 spiro atoms. The van der Waals surface area contributed by atoms with Crippen molar-refractivity contribution >= 4 is 46.1 Å². The normalized spacial score (nSPS) is 11.1. The Morgan fingerprint density at radius 2 is 1.81 bits per heavy atom. The average Bonchev–Trinajstić information content (AvgIpc) is 2.51. The van der Waals surface area contributed by atoms with E-state index in [1.165, 1.54) is 0 Å². The standard InChI is InChI=1S/C16H11Cl2N3/c17-13-6-3-5-12(16(13)18)10-19-21-15-9-8-11-4-1-2-7-14(11)20-15/h1-10H,(H,20,21)/b19-10+. The minimum Gasteiger partial charge on any atom is -0.261 e. The molecule has 2 aromatic carbocycles. The zero-order chi connectivity index (χ0) is 14.7. The smallest absolute Gasteiger partial charge is 0.146 e. The van der Waals surface area contributed by atoms with E-state index < -0.39 is 0 Å². The number of hydrazone groups is 1. The molecule has 104 valence electrons. The molecule has 0 saturated carbocycles. The van der Waals surface area contributed by atoms with Crippen LogP contribution in [0.1, 0.15) is 5.56 Å². The van der Waals surface area contributed by atoms with Crippen LogP contribution in [0.3, 0.4) is 0 Å². The number of hydrogen-bond donors (Lipinski definition) is 1. The lowest BCUT2D eigenvalue weighted by molar-refractivity contribution is 1.26. The highest BCUT2D eigenvalue weighted by atomic mass is 35.5. The van der Waals surface area contributed by atoms with Gasteiger partial charge in [0.2, 0.25) is 0 Å². The van der Waals surface area contributed by atoms with Gasteiger partial charge in [-0.3, -0.25) is 5.43 Å². The quantitative estimate of drug-likeness (QED) is 0.546. The van der Waals surface area contributed by atoms with Crippen LogP contribution in [0.25, 0.3) is 10.9 Å². The molecule has 0 amide bonds. The van der Waals surface area contributed by atoms with Gasteiger partial charge < -0.3 is 0 Å². The van der Waals surface area contributed by atoms with Gasteiger partial charge in [-0.05, 0) is 24.3 Å². The van der Waals surface area contributed by atoms with Crippen LogP contribution in [-0.2, 0) is 0 Å². The fraction of sp³-hybridized carbons (Fsp3) is 0. The van der Waals surface area contributed by atoms with E-state index in [1.807, 2.05) is 48.5 Å². The van der Waals surface area contributed by atoms with Gasteiger partial charge in [0.1, 0.15) is 5.82 Å². The van der Waals surface area contributed by atoms with E-state index in [0.29, 0.717) is 15.9 Å². The molecule has 0 bridgehead atoms. The SMILES string of the molecule is Clc1cccc(/C=N/Nc2ccc3ccccc3n2)c1Cl. The predicted molar refractivity (Wildman–Crippen MR) is 89.4 cm³/mol. The molecule has 3 rings (SSSR count). The summed E-state index contributed by atoms with van der Waals surface area (Å²) in [4.78, 5) is 4.46. The first-order chi connectivity index (χ1) is 10.2. The number of benzene rings is 2. The fourth-order valence-corrected chi connectivity index (χ4v) is 2.27. The molecule has 3 aromatic rings. The molecule has 5 heteroatoms. The highest BCUT2D eigenvalue weighted by molar-refractivity contribution is 6.43. The summed E-state index contributed by atoms with van der Waals surface area (Å²) in [5.74, 6) is 0.670. The van der Waals surface area contributed by atoms with Gasteiger partial charge in [0.25, 0.3) is 0 Å². The summed E-state index contributed by atoms with van der Waals surface area (Å²) in [6, 6.07) is 17.2. The van der Waals surface area contributed by atoms with Gasteiger partial charge in [0, 0.05) is 10.9 Å². The summed E-state index contributed by atoms with van der Waals surface area (Å²) in [5, 5.41) is 6.21. The minimum atomic E-state index is 0.483. The van der Waals surface area contributed by atoms with Crippen LogP contribution >= 0.6 is 23.2 Å². The van der Waals surface area contributed by atoms with E-state index in [1.54, 1.807) is 12.3 Å². The van der Waals surface area contributed by atoms with E-state index in [4.69, 9.17) is 23.2 Å². The number of halogens is 2. The Hall–Kier alpha value is -2.10. The summed E-state index contributed by atoms with van der Waals surface area (Å²) < 4.78 is 0. The number of nitrogens with zero attached hydrogens (tertiary/aromatic N) is 2. The first-order valence-electron chi connectivity index (χ1n) is 6.33. The number of hydrogen-bond acceptors (Lipinski definition) is 3. The molecule has 1 heterocycles. The molecule has 3 nitrogen and oxygen atoms in total. The molecule has 1 aromatic heterocycles. The number of para-hydroxylation sites is 1. The summed E-state index contributed by atoms with van der Waals surface area (Å²) in [7, 11) is 0. The Morgan fingerprint density at radius 1 is 0.952 bits per heavy atom. The highest BCUT2D eigenvalue weighted by Gasteiger charge is 2.01. The van der Waals surface area contributed by atoms with E-state index in [-0.39, 0.29) is 0 Å². The van der Waals surface area contributed by atoms with Crippen LogP contribution in [-0.4, -0.2) is 11.2 Å². The number of rotatable bonds is 3. The van der Waals surface area contributed by atoms with E-state index in [2.05, 4.69) is 15.5 Å². The molecular formula is C16H11Cl2N3. The molecule has 0 aliphatic heterocycles. The van der Waals surface area contributed by atoms with Gasteiger partial charge in [0.15, 0.2) is 0 Å². The Morgan fingerprint density at radius 3 is 2.71 bits per heavy atom. The second-order valence-electron chi connectivity index (χ2n) is 4.40. The highest BCUT2D eigenvalue weighted by Crippen LogP contribution is 2.24. The van der Waals surface area contributed by atoms with Crippen molar-refractivity contribution in [3.63, 3.8) is 0 Å². The number of fused-ring (bicyclic) bond motifs is 1. The van der Waals surface area contributed by atoms with Crippen LogP contribution in [0.4, 0.5) is 5.82 Å². The van der Waals surface area contributed by atoms with Crippen LogP contribution in [0.5, 0.6) is 0 Å². The monoisotopic (exact) mass is 315 g/mol. The Labute approximate surface area is 132 Å². The van der Waals surface area contributed by atoms with Gasteiger partial charge in [-0.15, -0.1) is 0 Å². The predicted octanol–water partition coefficient (Wildman–Crippen LogP) is 4.99. The van der Waals surface area contributed by atoms with Crippen molar-refractivity contribution in [2.75, 3.05) is 5.43 Å². The minimum absolute atomic E-state index is 0.483. The maximum Gasteiger partial charge on any atom is 0.146 e. The lowest BCUT2D eigenvalue weighted by Crippen LogP contribution is -1.94. The van der Waals surface area contributed by atoms with Crippen LogP contribution in [0.2, 0.25) is 10.0 Å². The first-order valence-corrected chi connectivity index (χ1v) is 7.08. The lowest BCUT2D eigenvalue weighted by Gasteiger charge is -2.02. The molecule has 0 saturated heterocycles. The number of nitrogens with one attached hydrogen (secondary N) is 1. The third kappa shape index (κ3) is 3.15. The second kappa shape index (κ2) is 6.12. The Bertz CT molecular complexity index is 815. The molecule has 0 atom stereocenters. The number of aromatic nitrogens is 1. The molecule has 1 N–H and O–H groups in total. The Kier molecular flexibility index (Phi) is 4.04. The maximum atomic E-state index is 6.09. The second-order valence-corrected chi connectivity index (χ2v) is 5.19. The van der Waals surface area contributed by atoms with Crippen molar-refractivity contribution < 1.29 is 0 Å². The molecule has 21 heavy (non-hydrogen) atoms. The van der Waals surface area contributed by atoms with Gasteiger partial charge in [0.05, 0.1) is 21.8 Å². The molecular weight excluding hydrogens is 305 g/mol. The van der Waals surface area contributed by atoms with Gasteiger partial charge in [-0.1, -0.05) is 53.5 Å². The van der Waals surface area contributed by atoms with Crippen molar-refractivity contribution in [1.29, 1.82) is 0 Å². The summed E-state index contributed by atoms with van der Waals surface area (Å²) in [5.41, 5.74) is 4.55. The van der Waals surface area contributed by atoms with Gasteiger partial charge in [-0.25, -0.2) is 4.98 Å². The molecule has 0 unspecified atom stereocenters. The first kappa shape index (κ1) is 13.9. The van der Waals surface area contributed by atoms with Crippen LogP contribution in [0, 0.1) is 0 Å². The van der Waals surface area contributed by atoms with Crippen molar-refractivity contribution in [3.05, 3.63) is 70.2 Å². The Balaban J connectivity index is 1.79. The fourth-order valence-electron chi connectivity index (χ4n) is 1.92. The van der Waals surface area contributed by atoms with Crippen molar-refractivity contribution in [2.24, 2.45) is 5.10 Å². The van der Waals surface area contributed by atoms with Crippen molar-refractivity contribution in [1.82, 2.24) is 4.98 Å². The van der Waals surface area contributed by atoms with Crippen molar-refractivity contribution in [3.8, 4) is 0 Å². The lowest BCUT2D eigenvalue weighted by atomic mass is 10.2. The van der Waals surface area contributed by atoms with E-state index >= 15 is 0 Å². The zero-order valence-corrected chi connectivity index (χ0v) is 12.4. The maximum absolute atomic E-state index is 6.09. The molecule has 0 aliphatic rings. The average molecular weight is 316 g/mol. The third-order valence-electron chi connectivity index (χ3n) is 2.96. The number of pyridine rings is 1. The van der Waals surface area contributed by atoms with E-state index in [0.717, 1.165) is 16.5 Å².